The van der Waals surface area contributed by atoms with E-state index in [-0.39, 0.29) is 28.6 Å². The molecule has 0 radical (unpaired) electrons. The summed E-state index contributed by atoms with van der Waals surface area (Å²) < 4.78 is 11.1. The fourth-order valence-electron chi connectivity index (χ4n) is 5.68. The number of alkyl carbamates (subject to hydrolysis) is 1. The second-order valence-corrected chi connectivity index (χ2v) is 13.5. The van der Waals surface area contributed by atoms with Crippen molar-refractivity contribution < 1.29 is 19.1 Å². The van der Waals surface area contributed by atoms with E-state index in [9.17, 15) is 9.59 Å². The number of fused-ring (bicyclic) bond motifs is 3. The molecule has 0 spiro atoms. The van der Waals surface area contributed by atoms with Crippen LogP contribution in [0.5, 0.6) is 0 Å². The van der Waals surface area contributed by atoms with Crippen molar-refractivity contribution in [1.29, 1.82) is 0 Å². The van der Waals surface area contributed by atoms with Crippen molar-refractivity contribution in [2.75, 3.05) is 19.6 Å². The summed E-state index contributed by atoms with van der Waals surface area (Å²) in [6, 6.07) is 0. The number of likely N-dealkylation sites (tertiary alicyclic amines) is 1. The van der Waals surface area contributed by atoms with Crippen LogP contribution in [0.25, 0.3) is 0 Å². The van der Waals surface area contributed by atoms with Gasteiger partial charge in [-0.1, -0.05) is 13.8 Å². The number of hydrogen-bond donors (Lipinski definition) is 2. The number of carbonyl (C=O) groups is 2. The molecule has 0 unspecified atom stereocenters. The maximum Gasteiger partial charge on any atom is 0.410 e. The van der Waals surface area contributed by atoms with E-state index in [0.29, 0.717) is 13.1 Å². The summed E-state index contributed by atoms with van der Waals surface area (Å²) in [4.78, 5) is 32.0. The molecule has 0 atom stereocenters. The maximum atomic E-state index is 12.7. The lowest BCUT2D eigenvalue weighted by Crippen LogP contribution is -2.58. The molecule has 3 aliphatic carbocycles. The first kappa shape index (κ1) is 27.3. The summed E-state index contributed by atoms with van der Waals surface area (Å²) in [5, 5.41) is 3.19. The van der Waals surface area contributed by atoms with Crippen LogP contribution in [0, 0.1) is 10.8 Å². The summed E-state index contributed by atoms with van der Waals surface area (Å²) in [7, 11) is 0. The predicted octanol–water partition coefficient (Wildman–Crippen LogP) is 5.16. The third-order valence-corrected chi connectivity index (χ3v) is 7.49. The van der Waals surface area contributed by atoms with Gasteiger partial charge in [0.2, 0.25) is 0 Å². The number of amides is 2. The van der Waals surface area contributed by atoms with Gasteiger partial charge in [-0.25, -0.2) is 9.59 Å². The first-order chi connectivity index (χ1) is 16.0. The third-order valence-electron chi connectivity index (χ3n) is 7.49. The van der Waals surface area contributed by atoms with Crippen LogP contribution in [-0.2, 0) is 9.47 Å². The van der Waals surface area contributed by atoms with E-state index in [1.165, 1.54) is 0 Å². The second kappa shape index (κ2) is 9.32. The standard InChI is InChI=1S/C27H46N4O4/c1-23(2,3)34-21(32)30-27-12-9-26(10-13-27,11-14-27)17-29-20-19(15-28)16-31(18-25(20,7)8)22(33)35-24(4,5)6/h15H,9-14,16-18,28H2,1-8H3,(H,30,32). The molecule has 8 nitrogen and oxygen atoms in total. The lowest BCUT2D eigenvalue weighted by Gasteiger charge is -2.53. The number of nitrogens with one attached hydrogen (secondary N) is 1. The first-order valence-corrected chi connectivity index (χ1v) is 12.9. The molecular weight excluding hydrogens is 444 g/mol. The molecule has 1 saturated heterocycles. The Morgan fingerprint density at radius 3 is 2.03 bits per heavy atom. The fourth-order valence-corrected chi connectivity index (χ4v) is 5.68. The molecule has 2 bridgehead atoms. The molecule has 8 heteroatoms. The SMILES string of the molecule is CC(C)(C)OC(=O)NC12CCC(CN=C3C(=CN)CN(C(=O)OC(C)(C)C)CC3(C)C)(CC1)CC2. The van der Waals surface area contributed by atoms with E-state index in [2.05, 4.69) is 19.2 Å². The predicted molar refractivity (Wildman–Crippen MR) is 138 cm³/mol. The number of carbonyl (C=O) groups excluding carboxylic acids is 2. The number of aliphatic imine (C=N–C) groups is 1. The van der Waals surface area contributed by atoms with Crippen LogP contribution >= 0.6 is 0 Å². The molecule has 4 aliphatic rings. The number of hydrogen-bond acceptors (Lipinski definition) is 6. The Morgan fingerprint density at radius 2 is 1.54 bits per heavy atom. The van der Waals surface area contributed by atoms with Gasteiger partial charge in [0.1, 0.15) is 11.2 Å². The van der Waals surface area contributed by atoms with Gasteiger partial charge in [-0.15, -0.1) is 0 Å². The van der Waals surface area contributed by atoms with Gasteiger partial charge in [-0.3, -0.25) is 4.99 Å². The van der Waals surface area contributed by atoms with Crippen LogP contribution in [0.2, 0.25) is 0 Å². The highest BCUT2D eigenvalue weighted by Crippen LogP contribution is 2.52. The minimum absolute atomic E-state index is 0.155. The summed E-state index contributed by atoms with van der Waals surface area (Å²) in [5.74, 6) is 0. The van der Waals surface area contributed by atoms with Gasteiger partial charge >= 0.3 is 12.2 Å². The van der Waals surface area contributed by atoms with E-state index in [0.717, 1.165) is 56.4 Å². The zero-order valence-corrected chi connectivity index (χ0v) is 23.0. The van der Waals surface area contributed by atoms with E-state index >= 15 is 0 Å². The van der Waals surface area contributed by atoms with Crippen molar-refractivity contribution in [3.63, 3.8) is 0 Å². The molecule has 2 amide bonds. The summed E-state index contributed by atoms with van der Waals surface area (Å²) in [6.07, 6.45) is 6.90. The molecular formula is C27H46N4O4. The average molecular weight is 491 g/mol. The molecule has 0 aromatic rings. The topological polar surface area (TPSA) is 106 Å². The number of nitrogens with zero attached hydrogens (tertiary/aromatic N) is 2. The van der Waals surface area contributed by atoms with Gasteiger partial charge < -0.3 is 25.4 Å². The number of nitrogens with two attached hydrogens (primary N) is 1. The second-order valence-electron chi connectivity index (χ2n) is 13.5. The molecule has 1 aliphatic heterocycles. The minimum Gasteiger partial charge on any atom is -0.444 e. The van der Waals surface area contributed by atoms with E-state index in [1.54, 1.807) is 11.1 Å². The molecule has 3 N–H and O–H groups in total. The largest absolute Gasteiger partial charge is 0.444 e. The van der Waals surface area contributed by atoms with E-state index in [4.69, 9.17) is 20.2 Å². The molecule has 4 fully saturated rings. The first-order valence-electron chi connectivity index (χ1n) is 12.9. The lowest BCUT2D eigenvalue weighted by atomic mass is 9.57. The Bertz CT molecular complexity index is 867. The van der Waals surface area contributed by atoms with Gasteiger partial charge in [0.05, 0.1) is 6.54 Å². The van der Waals surface area contributed by atoms with Crippen molar-refractivity contribution in [3.05, 3.63) is 11.8 Å². The zero-order valence-electron chi connectivity index (χ0n) is 23.0. The smallest absolute Gasteiger partial charge is 0.410 e. The zero-order chi connectivity index (χ0) is 26.3. The highest BCUT2D eigenvalue weighted by Gasteiger charge is 2.50. The Hall–Kier alpha value is -2.25. The highest BCUT2D eigenvalue weighted by molar-refractivity contribution is 6.06. The van der Waals surface area contributed by atoms with Gasteiger partial charge in [0, 0.05) is 41.5 Å². The van der Waals surface area contributed by atoms with Crippen molar-refractivity contribution >= 4 is 17.9 Å². The Balaban J connectivity index is 1.66. The summed E-state index contributed by atoms with van der Waals surface area (Å²) in [5.41, 5.74) is 6.52. The van der Waals surface area contributed by atoms with E-state index in [1.807, 2.05) is 41.5 Å². The van der Waals surface area contributed by atoms with Crippen LogP contribution in [0.4, 0.5) is 9.59 Å². The molecule has 35 heavy (non-hydrogen) atoms. The molecule has 0 aromatic heterocycles. The Morgan fingerprint density at radius 1 is 1.00 bits per heavy atom. The monoisotopic (exact) mass is 490 g/mol. The molecule has 0 aromatic carbocycles. The van der Waals surface area contributed by atoms with Crippen LogP contribution in [0.15, 0.2) is 16.8 Å². The van der Waals surface area contributed by atoms with E-state index < -0.39 is 11.2 Å². The van der Waals surface area contributed by atoms with Crippen LogP contribution < -0.4 is 11.1 Å². The van der Waals surface area contributed by atoms with Crippen LogP contribution in [0.3, 0.4) is 0 Å². The average Bonchev–Trinajstić information content (AvgIpc) is 2.70. The fraction of sp³-hybridized carbons (Fsp3) is 0.815. The Kier molecular flexibility index (Phi) is 7.28. The van der Waals surface area contributed by atoms with Crippen molar-refractivity contribution in [1.82, 2.24) is 10.2 Å². The minimum atomic E-state index is -0.545. The van der Waals surface area contributed by atoms with Gasteiger partial charge in [0.25, 0.3) is 0 Å². The molecule has 1 heterocycles. The maximum absolute atomic E-state index is 12.7. The summed E-state index contributed by atoms with van der Waals surface area (Å²) >= 11 is 0. The quantitative estimate of drug-likeness (QED) is 0.568. The number of ether oxygens (including phenoxy) is 2. The van der Waals surface area contributed by atoms with Crippen molar-refractivity contribution in [3.8, 4) is 0 Å². The van der Waals surface area contributed by atoms with Crippen molar-refractivity contribution in [2.45, 2.75) is 111 Å². The van der Waals surface area contributed by atoms with Gasteiger partial charge in [0.15, 0.2) is 0 Å². The number of rotatable bonds is 3. The summed E-state index contributed by atoms with van der Waals surface area (Å²) in [6.45, 7) is 17.2. The normalized spacial score (nSPS) is 30.9. The van der Waals surface area contributed by atoms with Crippen LogP contribution in [0.1, 0.15) is 93.9 Å². The van der Waals surface area contributed by atoms with Gasteiger partial charge in [-0.05, 0) is 85.5 Å². The third kappa shape index (κ3) is 6.70. The van der Waals surface area contributed by atoms with Gasteiger partial charge in [-0.2, -0.15) is 0 Å². The highest BCUT2D eigenvalue weighted by atomic mass is 16.6. The van der Waals surface area contributed by atoms with Crippen molar-refractivity contribution in [2.24, 2.45) is 21.6 Å². The molecule has 4 rings (SSSR count). The lowest BCUT2D eigenvalue weighted by molar-refractivity contribution is 0.00814. The van der Waals surface area contributed by atoms with Crippen LogP contribution in [-0.4, -0.2) is 59.2 Å². The molecule has 198 valence electrons. The molecule has 3 saturated carbocycles. The number of piperidine rings is 1. The Labute approximate surface area is 211 Å².